The van der Waals surface area contributed by atoms with Crippen LogP contribution in [0.5, 0.6) is 0 Å². The van der Waals surface area contributed by atoms with Crippen molar-refractivity contribution in [3.8, 4) is 0 Å². The van der Waals surface area contributed by atoms with Crippen LogP contribution in [-0.4, -0.2) is 12.5 Å². The number of aryl methyl sites for hydroxylation is 1. The van der Waals surface area contributed by atoms with Gasteiger partial charge in [-0.3, -0.25) is 0 Å². The number of fused-ring (bicyclic) bond motifs is 1. The Morgan fingerprint density at radius 3 is 2.93 bits per heavy atom. The fourth-order valence-electron chi connectivity index (χ4n) is 1.82. The molecule has 1 aromatic carbocycles. The van der Waals surface area contributed by atoms with E-state index >= 15 is 0 Å². The molecule has 0 spiro atoms. The van der Waals surface area contributed by atoms with Crippen molar-refractivity contribution in [2.45, 2.75) is 32.2 Å². The highest BCUT2D eigenvalue weighted by Crippen LogP contribution is 2.29. The molecule has 1 aliphatic heterocycles. The molecular formula is C11H13F2N. The van der Waals surface area contributed by atoms with Crippen molar-refractivity contribution < 1.29 is 8.78 Å². The highest BCUT2D eigenvalue weighted by atomic mass is 19.3. The minimum absolute atomic E-state index is 0.445. The van der Waals surface area contributed by atoms with Crippen LogP contribution < -0.4 is 5.32 Å². The zero-order valence-corrected chi connectivity index (χ0v) is 8.06. The van der Waals surface area contributed by atoms with Gasteiger partial charge in [0.2, 0.25) is 0 Å². The molecule has 1 aliphatic rings. The predicted molar refractivity (Wildman–Crippen MR) is 52.9 cm³/mol. The summed E-state index contributed by atoms with van der Waals surface area (Å²) in [5.74, 6) is 0. The lowest BCUT2D eigenvalue weighted by Crippen LogP contribution is -2.24. The van der Waals surface area contributed by atoms with E-state index in [9.17, 15) is 8.78 Å². The maximum Gasteiger partial charge on any atom is 0.258 e. The highest BCUT2D eigenvalue weighted by molar-refractivity contribution is 5.58. The Kier molecular flexibility index (Phi) is 2.40. The molecule has 0 saturated heterocycles. The summed E-state index contributed by atoms with van der Waals surface area (Å²) in [4.78, 5) is 0. The number of alkyl halides is 2. The third-order valence-electron chi connectivity index (χ3n) is 2.66. The third kappa shape index (κ3) is 1.59. The molecule has 1 aromatic rings. The molecule has 1 nitrogen and oxygen atoms in total. The van der Waals surface area contributed by atoms with Crippen LogP contribution in [0.25, 0.3) is 0 Å². The normalized spacial score (nSPS) is 19.6. The molecule has 0 fully saturated rings. The van der Waals surface area contributed by atoms with E-state index in [4.69, 9.17) is 0 Å². The van der Waals surface area contributed by atoms with Crippen molar-refractivity contribution in [3.63, 3.8) is 0 Å². The van der Waals surface area contributed by atoms with Gasteiger partial charge in [-0.05, 0) is 23.6 Å². The number of rotatable bonds is 2. The number of halogens is 2. The predicted octanol–water partition coefficient (Wildman–Crippen LogP) is 2.85. The monoisotopic (exact) mass is 197 g/mol. The number of benzene rings is 1. The average Bonchev–Trinajstić information content (AvgIpc) is 2.59. The van der Waals surface area contributed by atoms with Gasteiger partial charge in [0.15, 0.2) is 0 Å². The maximum atomic E-state index is 12.4. The van der Waals surface area contributed by atoms with Crippen molar-refractivity contribution in [3.05, 3.63) is 29.3 Å². The molecule has 0 amide bonds. The van der Waals surface area contributed by atoms with Gasteiger partial charge in [-0.1, -0.05) is 19.1 Å². The quantitative estimate of drug-likeness (QED) is 0.768. The smallest absolute Gasteiger partial charge is 0.258 e. The summed E-state index contributed by atoms with van der Waals surface area (Å²) in [6.07, 6.45) is -0.888. The van der Waals surface area contributed by atoms with Crippen molar-refractivity contribution in [1.29, 1.82) is 0 Å². The van der Waals surface area contributed by atoms with E-state index in [1.165, 1.54) is 5.56 Å². The largest absolute Gasteiger partial charge is 0.376 e. The number of hydrogen-bond donors (Lipinski definition) is 1. The third-order valence-corrected chi connectivity index (χ3v) is 2.66. The van der Waals surface area contributed by atoms with Crippen LogP contribution in [-0.2, 0) is 12.8 Å². The first kappa shape index (κ1) is 9.44. The van der Waals surface area contributed by atoms with Crippen LogP contribution in [0.3, 0.4) is 0 Å². The summed E-state index contributed by atoms with van der Waals surface area (Å²) in [6.45, 7) is 2.06. The summed E-state index contributed by atoms with van der Waals surface area (Å²) in [5, 5.41) is 2.84. The molecule has 2 rings (SSSR count). The molecule has 1 N–H and O–H groups in total. The van der Waals surface area contributed by atoms with E-state index in [0.717, 1.165) is 17.7 Å². The van der Waals surface area contributed by atoms with E-state index in [0.29, 0.717) is 6.42 Å². The van der Waals surface area contributed by atoms with Crippen LogP contribution in [0.4, 0.5) is 14.5 Å². The van der Waals surface area contributed by atoms with Gasteiger partial charge in [-0.25, -0.2) is 8.78 Å². The van der Waals surface area contributed by atoms with Crippen LogP contribution >= 0.6 is 0 Å². The van der Waals surface area contributed by atoms with Crippen LogP contribution in [0, 0.1) is 0 Å². The Morgan fingerprint density at radius 1 is 1.50 bits per heavy atom. The molecular weight excluding hydrogens is 184 g/mol. The molecule has 0 radical (unpaired) electrons. The first-order valence-electron chi connectivity index (χ1n) is 4.87. The van der Waals surface area contributed by atoms with Crippen LogP contribution in [0.15, 0.2) is 18.2 Å². The van der Waals surface area contributed by atoms with Gasteiger partial charge in [-0.15, -0.1) is 0 Å². The van der Waals surface area contributed by atoms with E-state index in [1.54, 1.807) is 0 Å². The van der Waals surface area contributed by atoms with E-state index in [2.05, 4.69) is 12.2 Å². The second kappa shape index (κ2) is 3.56. The summed E-state index contributed by atoms with van der Waals surface area (Å²) in [6, 6.07) is 5.21. The van der Waals surface area contributed by atoms with Crippen molar-refractivity contribution >= 4 is 5.69 Å². The second-order valence-corrected chi connectivity index (χ2v) is 3.63. The van der Waals surface area contributed by atoms with Gasteiger partial charge in [0.05, 0.1) is 6.04 Å². The van der Waals surface area contributed by atoms with Crippen molar-refractivity contribution in [1.82, 2.24) is 0 Å². The lowest BCUT2D eigenvalue weighted by Gasteiger charge is -2.08. The lowest BCUT2D eigenvalue weighted by atomic mass is 10.1. The van der Waals surface area contributed by atoms with Crippen LogP contribution in [0.1, 0.15) is 18.1 Å². The fourth-order valence-corrected chi connectivity index (χ4v) is 1.82. The molecule has 14 heavy (non-hydrogen) atoms. The maximum absolute atomic E-state index is 12.4. The highest BCUT2D eigenvalue weighted by Gasteiger charge is 2.27. The molecule has 0 saturated carbocycles. The topological polar surface area (TPSA) is 12.0 Å². The summed E-state index contributed by atoms with van der Waals surface area (Å²) < 4.78 is 24.8. The zero-order chi connectivity index (χ0) is 10.1. The van der Waals surface area contributed by atoms with Gasteiger partial charge in [0.25, 0.3) is 6.43 Å². The molecule has 1 heterocycles. The first-order chi connectivity index (χ1) is 6.70. The molecule has 3 heteroatoms. The molecule has 0 bridgehead atoms. The first-order valence-corrected chi connectivity index (χ1v) is 4.87. The van der Waals surface area contributed by atoms with Crippen molar-refractivity contribution in [2.24, 2.45) is 0 Å². The van der Waals surface area contributed by atoms with E-state index < -0.39 is 12.5 Å². The average molecular weight is 197 g/mol. The molecule has 1 unspecified atom stereocenters. The summed E-state index contributed by atoms with van der Waals surface area (Å²) in [5.41, 5.74) is 3.10. The second-order valence-electron chi connectivity index (χ2n) is 3.63. The van der Waals surface area contributed by atoms with Gasteiger partial charge in [-0.2, -0.15) is 0 Å². The van der Waals surface area contributed by atoms with Gasteiger partial charge >= 0.3 is 0 Å². The Hall–Kier alpha value is -1.12. The van der Waals surface area contributed by atoms with Gasteiger partial charge in [0.1, 0.15) is 0 Å². The minimum atomic E-state index is -2.28. The Bertz CT molecular complexity index is 336. The minimum Gasteiger partial charge on any atom is -0.376 e. The summed E-state index contributed by atoms with van der Waals surface area (Å²) in [7, 11) is 0. The Labute approximate surface area is 82.1 Å². The van der Waals surface area contributed by atoms with E-state index in [-0.39, 0.29) is 0 Å². The number of nitrogens with one attached hydrogen (secondary N) is 1. The molecule has 76 valence electrons. The fraction of sp³-hybridized carbons (Fsp3) is 0.455. The van der Waals surface area contributed by atoms with Crippen molar-refractivity contribution in [2.75, 3.05) is 5.32 Å². The van der Waals surface area contributed by atoms with Gasteiger partial charge in [0, 0.05) is 12.1 Å². The Morgan fingerprint density at radius 2 is 2.29 bits per heavy atom. The van der Waals surface area contributed by atoms with E-state index in [1.807, 2.05) is 18.2 Å². The SMILES string of the molecule is CCc1ccc2c(c1)CC(C(F)F)N2. The standard InChI is InChI=1S/C11H13F2N/c1-2-7-3-4-9-8(5-7)6-10(14-9)11(12)13/h3-5,10-11,14H,2,6H2,1H3. The van der Waals surface area contributed by atoms with Crippen LogP contribution in [0.2, 0.25) is 0 Å². The molecule has 1 atom stereocenters. The zero-order valence-electron chi connectivity index (χ0n) is 8.06. The summed E-state index contributed by atoms with van der Waals surface area (Å²) >= 11 is 0. The molecule has 0 aliphatic carbocycles. The van der Waals surface area contributed by atoms with Gasteiger partial charge < -0.3 is 5.32 Å². The lowest BCUT2D eigenvalue weighted by molar-refractivity contribution is 0.126. The molecule has 0 aromatic heterocycles. The number of anilines is 1. The Balaban J connectivity index is 2.22. The number of hydrogen-bond acceptors (Lipinski definition) is 1.